The van der Waals surface area contributed by atoms with Gasteiger partial charge in [-0.3, -0.25) is 4.90 Å². The zero-order chi connectivity index (χ0) is 11.5. The smallest absolute Gasteiger partial charge is 0.0234 e. The van der Waals surface area contributed by atoms with E-state index in [2.05, 4.69) is 67.9 Å². The topological polar surface area (TPSA) is 3.24 Å². The van der Waals surface area contributed by atoms with Gasteiger partial charge in [-0.25, -0.2) is 0 Å². The maximum Gasteiger partial charge on any atom is 0.0234 e. The zero-order valence-electron chi connectivity index (χ0n) is 9.50. The number of hydrogen-bond donors (Lipinski definition) is 0. The largest absolute Gasteiger partial charge is 0.299 e. The van der Waals surface area contributed by atoms with Crippen LogP contribution in [0.15, 0.2) is 28.7 Å². The molecule has 0 aliphatic carbocycles. The fourth-order valence-electron chi connectivity index (χ4n) is 2.24. The van der Waals surface area contributed by atoms with E-state index in [4.69, 9.17) is 0 Å². The lowest BCUT2D eigenvalue weighted by Crippen LogP contribution is -2.39. The molecule has 0 spiro atoms. The molecular weight excluding hydrogens is 330 g/mol. The van der Waals surface area contributed by atoms with Gasteiger partial charge < -0.3 is 0 Å². The minimum atomic E-state index is 0.700. The van der Waals surface area contributed by atoms with Crippen molar-refractivity contribution in [3.8, 4) is 0 Å². The number of benzene rings is 1. The Labute approximate surface area is 114 Å². The Morgan fingerprint density at radius 2 is 2.25 bits per heavy atom. The third-order valence-corrected chi connectivity index (χ3v) is 5.03. The van der Waals surface area contributed by atoms with Crippen molar-refractivity contribution in [2.75, 3.05) is 13.1 Å². The van der Waals surface area contributed by atoms with E-state index in [0.717, 1.165) is 12.5 Å². The maximum atomic E-state index is 3.74. The van der Waals surface area contributed by atoms with Crippen LogP contribution in [0.1, 0.15) is 18.9 Å². The molecule has 1 heterocycles. The predicted molar refractivity (Wildman–Crippen MR) is 75.9 cm³/mol. The van der Waals surface area contributed by atoms with Crippen LogP contribution in [-0.4, -0.2) is 22.8 Å². The highest BCUT2D eigenvalue weighted by Gasteiger charge is 2.23. The summed E-state index contributed by atoms with van der Waals surface area (Å²) in [4.78, 5) is 3.25. The van der Waals surface area contributed by atoms with Crippen LogP contribution >= 0.6 is 31.9 Å². The number of alkyl halides is 1. The highest BCUT2D eigenvalue weighted by atomic mass is 79.9. The van der Waals surface area contributed by atoms with Gasteiger partial charge in [-0.15, -0.1) is 0 Å². The lowest BCUT2D eigenvalue weighted by atomic mass is 9.99. The normalized spacial score (nSPS) is 26.9. The third kappa shape index (κ3) is 3.31. The van der Waals surface area contributed by atoms with Crippen molar-refractivity contribution in [3.63, 3.8) is 0 Å². The van der Waals surface area contributed by atoms with E-state index in [-0.39, 0.29) is 0 Å². The Hall–Kier alpha value is 0.140. The summed E-state index contributed by atoms with van der Waals surface area (Å²) < 4.78 is 1.17. The summed E-state index contributed by atoms with van der Waals surface area (Å²) in [5.41, 5.74) is 1.40. The molecule has 16 heavy (non-hydrogen) atoms. The first-order valence-electron chi connectivity index (χ1n) is 5.76. The monoisotopic (exact) mass is 345 g/mol. The molecule has 0 amide bonds. The molecule has 0 N–H and O–H groups in total. The fourth-order valence-corrected chi connectivity index (χ4v) is 3.06. The first-order chi connectivity index (χ1) is 7.65. The Balaban J connectivity index is 1.95. The molecule has 2 unspecified atom stereocenters. The summed E-state index contributed by atoms with van der Waals surface area (Å²) in [7, 11) is 0. The second kappa shape index (κ2) is 5.65. The Morgan fingerprint density at radius 3 is 2.94 bits per heavy atom. The highest BCUT2D eigenvalue weighted by Crippen LogP contribution is 2.24. The van der Waals surface area contributed by atoms with Gasteiger partial charge in [-0.1, -0.05) is 50.9 Å². The number of hydrogen-bond acceptors (Lipinski definition) is 1. The van der Waals surface area contributed by atoms with E-state index in [0.29, 0.717) is 4.83 Å². The summed E-state index contributed by atoms with van der Waals surface area (Å²) >= 11 is 7.27. The van der Waals surface area contributed by atoms with Crippen molar-refractivity contribution in [1.29, 1.82) is 0 Å². The van der Waals surface area contributed by atoms with Crippen LogP contribution in [0.25, 0.3) is 0 Å². The van der Waals surface area contributed by atoms with Crippen LogP contribution in [0.4, 0.5) is 0 Å². The van der Waals surface area contributed by atoms with E-state index in [1.807, 2.05) is 0 Å². The molecule has 0 aromatic heterocycles. The number of nitrogens with zero attached hydrogens (tertiary/aromatic N) is 1. The van der Waals surface area contributed by atoms with E-state index < -0.39 is 0 Å². The number of likely N-dealkylation sites (tertiary alicyclic amines) is 1. The molecule has 1 nitrogen and oxygen atoms in total. The average molecular weight is 347 g/mol. The van der Waals surface area contributed by atoms with Crippen molar-refractivity contribution in [3.05, 3.63) is 34.3 Å². The molecule has 1 aliphatic rings. The first kappa shape index (κ1) is 12.6. The molecule has 1 aliphatic heterocycles. The van der Waals surface area contributed by atoms with Gasteiger partial charge in [0, 0.05) is 22.4 Å². The van der Waals surface area contributed by atoms with E-state index in [9.17, 15) is 0 Å². The summed E-state index contributed by atoms with van der Waals surface area (Å²) in [6.45, 7) is 5.80. The van der Waals surface area contributed by atoms with E-state index >= 15 is 0 Å². The van der Waals surface area contributed by atoms with Crippen LogP contribution in [0.2, 0.25) is 0 Å². The van der Waals surface area contributed by atoms with Gasteiger partial charge in [0.15, 0.2) is 0 Å². The molecule has 1 aromatic carbocycles. The Kier molecular flexibility index (Phi) is 4.45. The minimum Gasteiger partial charge on any atom is -0.299 e. The summed E-state index contributed by atoms with van der Waals surface area (Å²) in [6, 6.07) is 8.61. The van der Waals surface area contributed by atoms with Crippen LogP contribution in [-0.2, 0) is 6.54 Å². The van der Waals surface area contributed by atoms with Crippen molar-refractivity contribution < 1.29 is 0 Å². The Bertz CT molecular complexity index is 354. The SMILES string of the molecule is CC1CN(Cc2cccc(Br)c2)CCC1Br. The molecule has 88 valence electrons. The Morgan fingerprint density at radius 1 is 1.44 bits per heavy atom. The lowest BCUT2D eigenvalue weighted by molar-refractivity contribution is 0.183. The molecule has 0 bridgehead atoms. The van der Waals surface area contributed by atoms with Gasteiger partial charge in [0.25, 0.3) is 0 Å². The summed E-state index contributed by atoms with van der Waals surface area (Å²) in [6.07, 6.45) is 1.26. The van der Waals surface area contributed by atoms with Crippen molar-refractivity contribution in [2.24, 2.45) is 5.92 Å². The molecular formula is C13H17Br2N. The third-order valence-electron chi connectivity index (χ3n) is 3.18. The number of piperidine rings is 1. The van der Waals surface area contributed by atoms with Crippen LogP contribution < -0.4 is 0 Å². The van der Waals surface area contributed by atoms with E-state index in [1.165, 1.54) is 29.5 Å². The second-order valence-corrected chi connectivity index (χ2v) is 6.74. The quantitative estimate of drug-likeness (QED) is 0.730. The lowest BCUT2D eigenvalue weighted by Gasteiger charge is -2.34. The van der Waals surface area contributed by atoms with Crippen molar-refractivity contribution >= 4 is 31.9 Å². The van der Waals surface area contributed by atoms with Gasteiger partial charge in [0.2, 0.25) is 0 Å². The average Bonchev–Trinajstić information content (AvgIpc) is 2.24. The van der Waals surface area contributed by atoms with Gasteiger partial charge in [-0.2, -0.15) is 0 Å². The standard InChI is InChI=1S/C13H17Br2N/c1-10-8-16(6-5-13(10)15)9-11-3-2-4-12(14)7-11/h2-4,7,10,13H,5-6,8-9H2,1H3. The molecule has 0 radical (unpaired) electrons. The van der Waals surface area contributed by atoms with Gasteiger partial charge in [0.05, 0.1) is 0 Å². The van der Waals surface area contributed by atoms with Crippen LogP contribution in [0.3, 0.4) is 0 Å². The molecule has 1 saturated heterocycles. The molecule has 1 aromatic rings. The van der Waals surface area contributed by atoms with Crippen LogP contribution in [0.5, 0.6) is 0 Å². The molecule has 2 atom stereocenters. The van der Waals surface area contributed by atoms with Crippen LogP contribution in [0, 0.1) is 5.92 Å². The van der Waals surface area contributed by atoms with Gasteiger partial charge >= 0.3 is 0 Å². The number of halogens is 2. The van der Waals surface area contributed by atoms with Crippen molar-refractivity contribution in [2.45, 2.75) is 24.7 Å². The van der Waals surface area contributed by atoms with Gasteiger partial charge in [0.1, 0.15) is 0 Å². The number of rotatable bonds is 2. The summed E-state index contributed by atoms with van der Waals surface area (Å²) in [5.74, 6) is 0.751. The first-order valence-corrected chi connectivity index (χ1v) is 7.47. The maximum absolute atomic E-state index is 3.74. The molecule has 1 fully saturated rings. The summed E-state index contributed by atoms with van der Waals surface area (Å²) in [5, 5.41) is 0. The fraction of sp³-hybridized carbons (Fsp3) is 0.538. The second-order valence-electron chi connectivity index (χ2n) is 4.65. The highest BCUT2D eigenvalue weighted by molar-refractivity contribution is 9.10. The van der Waals surface area contributed by atoms with E-state index in [1.54, 1.807) is 0 Å². The van der Waals surface area contributed by atoms with Crippen molar-refractivity contribution in [1.82, 2.24) is 4.90 Å². The molecule has 0 saturated carbocycles. The molecule has 2 rings (SSSR count). The zero-order valence-corrected chi connectivity index (χ0v) is 12.7. The minimum absolute atomic E-state index is 0.700. The van der Waals surface area contributed by atoms with Gasteiger partial charge in [-0.05, 0) is 36.6 Å². The molecule has 3 heteroatoms. The predicted octanol–water partition coefficient (Wildman–Crippen LogP) is 4.05.